The van der Waals surface area contributed by atoms with Gasteiger partial charge >= 0.3 is 0 Å². The maximum atomic E-state index is 10.9. The minimum absolute atomic E-state index is 0.0382. The molecule has 0 N–H and O–H groups in total. The molecule has 3 heteroatoms. The zero-order valence-electron chi connectivity index (χ0n) is 5.97. The van der Waals surface area contributed by atoms with E-state index in [1.807, 2.05) is 6.07 Å². The van der Waals surface area contributed by atoms with Crippen molar-refractivity contribution in [1.82, 2.24) is 0 Å². The van der Waals surface area contributed by atoms with E-state index in [0.29, 0.717) is 5.56 Å². The molecule has 0 amide bonds. The molecule has 0 unspecified atom stereocenters. The van der Waals surface area contributed by atoms with Crippen molar-refractivity contribution >= 4 is 34.3 Å². The third-order valence-corrected chi connectivity index (χ3v) is 2.22. The van der Waals surface area contributed by atoms with E-state index < -0.39 is 0 Å². The van der Waals surface area contributed by atoms with Crippen molar-refractivity contribution in [2.75, 3.05) is 0 Å². The summed E-state index contributed by atoms with van der Waals surface area (Å²) in [5, 5.41) is 0. The molecule has 0 aliphatic rings. The second-order valence-electron chi connectivity index (χ2n) is 2.22. The second-order valence-corrected chi connectivity index (χ2v) is 3.62. The molecular formula is C8H7BrOS. The maximum Gasteiger partial charge on any atom is 0.160 e. The highest BCUT2D eigenvalue weighted by molar-refractivity contribution is 9.10. The van der Waals surface area contributed by atoms with Gasteiger partial charge in [-0.2, -0.15) is 0 Å². The van der Waals surface area contributed by atoms with Crippen LogP contribution >= 0.6 is 28.6 Å². The molecule has 1 aromatic rings. The van der Waals surface area contributed by atoms with E-state index in [1.54, 1.807) is 12.1 Å². The Bertz CT molecular complexity index is 296. The lowest BCUT2D eigenvalue weighted by molar-refractivity contribution is 0.101. The fourth-order valence-electron chi connectivity index (χ4n) is 0.790. The molecule has 0 saturated heterocycles. The van der Waals surface area contributed by atoms with Gasteiger partial charge in [-0.25, -0.2) is 0 Å². The minimum Gasteiger partial charge on any atom is -0.294 e. The molecule has 1 nitrogen and oxygen atoms in total. The van der Waals surface area contributed by atoms with Crippen LogP contribution in [0.1, 0.15) is 17.3 Å². The predicted molar refractivity (Wildman–Crippen MR) is 51.4 cm³/mol. The first kappa shape index (κ1) is 8.81. The van der Waals surface area contributed by atoms with Crippen LogP contribution in [-0.4, -0.2) is 5.78 Å². The molecule has 0 aliphatic carbocycles. The molecule has 58 valence electrons. The van der Waals surface area contributed by atoms with Gasteiger partial charge in [-0.05, 0) is 25.1 Å². The van der Waals surface area contributed by atoms with E-state index in [4.69, 9.17) is 0 Å². The Labute approximate surface area is 79.3 Å². The lowest BCUT2D eigenvalue weighted by atomic mass is 10.1. The molecule has 1 aromatic carbocycles. The Morgan fingerprint density at radius 2 is 2.18 bits per heavy atom. The standard InChI is InChI=1S/C8H7BrOS/c1-5(10)7-4-6(9)2-3-8(7)11/h2-4,11H,1H3. The van der Waals surface area contributed by atoms with Crippen LogP contribution in [0.3, 0.4) is 0 Å². The highest BCUT2D eigenvalue weighted by Gasteiger charge is 2.03. The van der Waals surface area contributed by atoms with Gasteiger partial charge in [0.1, 0.15) is 0 Å². The van der Waals surface area contributed by atoms with Crippen LogP contribution in [0.2, 0.25) is 0 Å². The average molecular weight is 231 g/mol. The zero-order valence-corrected chi connectivity index (χ0v) is 8.45. The number of hydrogen-bond acceptors (Lipinski definition) is 2. The summed E-state index contributed by atoms with van der Waals surface area (Å²) in [7, 11) is 0. The first-order valence-corrected chi connectivity index (χ1v) is 4.34. The van der Waals surface area contributed by atoms with Crippen LogP contribution in [-0.2, 0) is 0 Å². The molecule has 0 saturated carbocycles. The highest BCUT2D eigenvalue weighted by atomic mass is 79.9. The van der Waals surface area contributed by atoms with Crippen molar-refractivity contribution in [3.63, 3.8) is 0 Å². The van der Waals surface area contributed by atoms with Gasteiger partial charge in [-0.15, -0.1) is 12.6 Å². The van der Waals surface area contributed by atoms with Crippen LogP contribution in [0.4, 0.5) is 0 Å². The molecule has 0 spiro atoms. The SMILES string of the molecule is CC(=O)c1cc(Br)ccc1S. The summed E-state index contributed by atoms with van der Waals surface area (Å²) in [6, 6.07) is 5.42. The molecule has 0 bridgehead atoms. The van der Waals surface area contributed by atoms with Crippen molar-refractivity contribution in [2.24, 2.45) is 0 Å². The van der Waals surface area contributed by atoms with Gasteiger partial charge in [-0.3, -0.25) is 4.79 Å². The number of rotatable bonds is 1. The van der Waals surface area contributed by atoms with Gasteiger partial charge < -0.3 is 0 Å². The van der Waals surface area contributed by atoms with Crippen LogP contribution in [0.25, 0.3) is 0 Å². The van der Waals surface area contributed by atoms with Gasteiger partial charge in [0.25, 0.3) is 0 Å². The average Bonchev–Trinajstić information content (AvgIpc) is 1.94. The molecule has 0 radical (unpaired) electrons. The molecule has 0 fully saturated rings. The Balaban J connectivity index is 3.23. The zero-order chi connectivity index (χ0) is 8.43. The van der Waals surface area contributed by atoms with Gasteiger partial charge in [0, 0.05) is 14.9 Å². The summed E-state index contributed by atoms with van der Waals surface area (Å²) in [5.74, 6) is 0.0382. The minimum atomic E-state index is 0.0382. The largest absolute Gasteiger partial charge is 0.294 e. The molecule has 0 aromatic heterocycles. The monoisotopic (exact) mass is 230 g/mol. The van der Waals surface area contributed by atoms with Crippen molar-refractivity contribution in [3.05, 3.63) is 28.2 Å². The third kappa shape index (κ3) is 2.07. The van der Waals surface area contributed by atoms with Gasteiger partial charge in [0.2, 0.25) is 0 Å². The van der Waals surface area contributed by atoms with Crippen LogP contribution < -0.4 is 0 Å². The summed E-state index contributed by atoms with van der Waals surface area (Å²) in [6.07, 6.45) is 0. The first-order valence-electron chi connectivity index (χ1n) is 3.10. The molecule has 0 atom stereocenters. The smallest absolute Gasteiger partial charge is 0.160 e. The fraction of sp³-hybridized carbons (Fsp3) is 0.125. The number of carbonyl (C=O) groups excluding carboxylic acids is 1. The first-order chi connectivity index (χ1) is 5.11. The lowest BCUT2D eigenvalue weighted by Gasteiger charge is -1.99. The van der Waals surface area contributed by atoms with Gasteiger partial charge in [0.05, 0.1) is 0 Å². The molecular weight excluding hydrogens is 224 g/mol. The Morgan fingerprint density at radius 3 is 2.64 bits per heavy atom. The van der Waals surface area contributed by atoms with Crippen LogP contribution in [0, 0.1) is 0 Å². The van der Waals surface area contributed by atoms with E-state index in [-0.39, 0.29) is 5.78 Å². The Kier molecular flexibility index (Phi) is 2.73. The summed E-state index contributed by atoms with van der Waals surface area (Å²) in [5.41, 5.74) is 0.655. The number of thiol groups is 1. The number of halogens is 1. The van der Waals surface area contributed by atoms with Crippen molar-refractivity contribution in [1.29, 1.82) is 0 Å². The van der Waals surface area contributed by atoms with Gasteiger partial charge in [0.15, 0.2) is 5.78 Å². The molecule has 11 heavy (non-hydrogen) atoms. The predicted octanol–water partition coefficient (Wildman–Crippen LogP) is 2.94. The number of carbonyl (C=O) groups is 1. The quantitative estimate of drug-likeness (QED) is 0.580. The van der Waals surface area contributed by atoms with Crippen molar-refractivity contribution < 1.29 is 4.79 Å². The van der Waals surface area contributed by atoms with Gasteiger partial charge in [-0.1, -0.05) is 15.9 Å². The summed E-state index contributed by atoms with van der Waals surface area (Å²) in [4.78, 5) is 11.7. The Morgan fingerprint density at radius 1 is 1.55 bits per heavy atom. The molecule has 1 rings (SSSR count). The summed E-state index contributed by atoms with van der Waals surface area (Å²) in [6.45, 7) is 1.53. The normalized spacial score (nSPS) is 9.73. The van der Waals surface area contributed by atoms with E-state index in [2.05, 4.69) is 28.6 Å². The number of benzene rings is 1. The molecule has 0 heterocycles. The van der Waals surface area contributed by atoms with Crippen LogP contribution in [0.15, 0.2) is 27.6 Å². The Hall–Kier alpha value is -0.280. The number of hydrogen-bond donors (Lipinski definition) is 1. The fourth-order valence-corrected chi connectivity index (χ4v) is 1.45. The van der Waals surface area contributed by atoms with E-state index in [9.17, 15) is 4.79 Å². The number of ketones is 1. The van der Waals surface area contributed by atoms with E-state index >= 15 is 0 Å². The maximum absolute atomic E-state index is 10.9. The third-order valence-electron chi connectivity index (χ3n) is 1.34. The van der Waals surface area contributed by atoms with Crippen molar-refractivity contribution in [2.45, 2.75) is 11.8 Å². The van der Waals surface area contributed by atoms with E-state index in [1.165, 1.54) is 6.92 Å². The molecule has 0 aliphatic heterocycles. The van der Waals surface area contributed by atoms with Crippen LogP contribution in [0.5, 0.6) is 0 Å². The number of Topliss-reactive ketones (excluding diaryl/α,β-unsaturated/α-hetero) is 1. The van der Waals surface area contributed by atoms with Crippen molar-refractivity contribution in [3.8, 4) is 0 Å². The summed E-state index contributed by atoms with van der Waals surface area (Å²) >= 11 is 7.42. The summed E-state index contributed by atoms with van der Waals surface area (Å²) < 4.78 is 0.903. The highest BCUT2D eigenvalue weighted by Crippen LogP contribution is 2.19. The lowest BCUT2D eigenvalue weighted by Crippen LogP contribution is -1.92. The second kappa shape index (κ2) is 3.41. The van der Waals surface area contributed by atoms with E-state index in [0.717, 1.165) is 9.37 Å². The topological polar surface area (TPSA) is 17.1 Å².